The van der Waals surface area contributed by atoms with E-state index in [0.29, 0.717) is 28.3 Å². The first-order valence-electron chi connectivity index (χ1n) is 9.33. The number of amides is 1. The maximum absolute atomic E-state index is 13.3. The lowest BCUT2D eigenvalue weighted by Crippen LogP contribution is -2.48. The van der Waals surface area contributed by atoms with Gasteiger partial charge in [0.25, 0.3) is 11.6 Å². The van der Waals surface area contributed by atoms with E-state index in [9.17, 15) is 14.9 Å². The number of carbonyl (C=O) groups excluding carboxylic acids is 1. The number of nitrogens with one attached hydrogen (secondary N) is 1. The van der Waals surface area contributed by atoms with Crippen molar-refractivity contribution in [3.8, 4) is 5.75 Å². The molecule has 0 aliphatic carbocycles. The van der Waals surface area contributed by atoms with Gasteiger partial charge in [0, 0.05) is 17.4 Å². The summed E-state index contributed by atoms with van der Waals surface area (Å²) in [6, 6.07) is 20.9. The number of benzene rings is 3. The molecule has 30 heavy (non-hydrogen) atoms. The SMILES string of the molecule is COc1ccc(N2C(=O)c3ccccc3N[C@H]2/C=C/c2ccccc2[N+](=O)[O-])cc1. The molecule has 3 aromatic rings. The molecule has 0 bridgehead atoms. The van der Waals surface area contributed by atoms with E-state index in [1.807, 2.05) is 18.2 Å². The molecule has 1 amide bonds. The predicted molar refractivity (Wildman–Crippen MR) is 116 cm³/mol. The van der Waals surface area contributed by atoms with Crippen LogP contribution in [0.2, 0.25) is 0 Å². The van der Waals surface area contributed by atoms with Gasteiger partial charge in [-0.05, 0) is 54.6 Å². The number of nitro benzene ring substituents is 1. The van der Waals surface area contributed by atoms with Crippen LogP contribution in [0.5, 0.6) is 5.75 Å². The highest BCUT2D eigenvalue weighted by atomic mass is 16.6. The molecule has 0 radical (unpaired) electrons. The molecule has 0 spiro atoms. The van der Waals surface area contributed by atoms with Gasteiger partial charge >= 0.3 is 0 Å². The number of ether oxygens (including phenoxy) is 1. The summed E-state index contributed by atoms with van der Waals surface area (Å²) in [6.45, 7) is 0. The van der Waals surface area contributed by atoms with Crippen LogP contribution < -0.4 is 15.0 Å². The Bertz CT molecular complexity index is 1130. The summed E-state index contributed by atoms with van der Waals surface area (Å²) in [5, 5.41) is 14.7. The van der Waals surface area contributed by atoms with E-state index in [0.717, 1.165) is 0 Å². The Morgan fingerprint density at radius 2 is 1.73 bits per heavy atom. The van der Waals surface area contributed by atoms with Gasteiger partial charge in [0.05, 0.1) is 23.2 Å². The van der Waals surface area contributed by atoms with Crippen LogP contribution in [-0.2, 0) is 0 Å². The molecule has 4 rings (SSSR count). The van der Waals surface area contributed by atoms with Gasteiger partial charge < -0.3 is 10.1 Å². The molecule has 1 heterocycles. The second-order valence-corrected chi connectivity index (χ2v) is 6.68. The molecule has 1 aliphatic heterocycles. The average Bonchev–Trinajstić information content (AvgIpc) is 2.78. The van der Waals surface area contributed by atoms with Gasteiger partial charge in [-0.1, -0.05) is 24.3 Å². The fourth-order valence-electron chi connectivity index (χ4n) is 3.42. The van der Waals surface area contributed by atoms with Crippen LogP contribution in [0.3, 0.4) is 0 Å². The van der Waals surface area contributed by atoms with Crippen molar-refractivity contribution >= 4 is 29.0 Å². The normalized spacial score (nSPS) is 15.6. The minimum Gasteiger partial charge on any atom is -0.497 e. The second kappa shape index (κ2) is 8.08. The number of carbonyl (C=O) groups is 1. The number of nitro groups is 1. The van der Waals surface area contributed by atoms with E-state index in [1.54, 1.807) is 72.7 Å². The first-order chi connectivity index (χ1) is 14.6. The van der Waals surface area contributed by atoms with E-state index >= 15 is 0 Å². The van der Waals surface area contributed by atoms with Crippen LogP contribution in [0.25, 0.3) is 6.08 Å². The third-order valence-corrected chi connectivity index (χ3v) is 4.90. The first kappa shape index (κ1) is 19.2. The van der Waals surface area contributed by atoms with E-state index < -0.39 is 11.1 Å². The topological polar surface area (TPSA) is 84.7 Å². The summed E-state index contributed by atoms with van der Waals surface area (Å²) < 4.78 is 5.21. The van der Waals surface area contributed by atoms with Crippen LogP contribution in [0, 0.1) is 10.1 Å². The smallest absolute Gasteiger partial charge is 0.276 e. The molecule has 0 aromatic heterocycles. The molecular weight excluding hydrogens is 382 g/mol. The molecule has 7 heteroatoms. The maximum Gasteiger partial charge on any atom is 0.276 e. The zero-order valence-corrected chi connectivity index (χ0v) is 16.2. The summed E-state index contributed by atoms with van der Waals surface area (Å²) in [5.41, 5.74) is 2.42. The van der Waals surface area contributed by atoms with Gasteiger partial charge in [-0.25, -0.2) is 0 Å². The van der Waals surface area contributed by atoms with Crippen LogP contribution in [0.15, 0.2) is 78.9 Å². The van der Waals surface area contributed by atoms with E-state index in [4.69, 9.17) is 4.74 Å². The number of hydrogen-bond donors (Lipinski definition) is 1. The third kappa shape index (κ3) is 3.60. The summed E-state index contributed by atoms with van der Waals surface area (Å²) in [6.07, 6.45) is 2.88. The van der Waals surface area contributed by atoms with Crippen LogP contribution in [0.1, 0.15) is 15.9 Å². The molecule has 3 aromatic carbocycles. The van der Waals surface area contributed by atoms with Gasteiger partial charge in [0.2, 0.25) is 0 Å². The maximum atomic E-state index is 13.3. The Balaban J connectivity index is 1.75. The Morgan fingerprint density at radius 1 is 1.03 bits per heavy atom. The molecule has 0 saturated heterocycles. The van der Waals surface area contributed by atoms with Gasteiger partial charge in [-0.15, -0.1) is 0 Å². The number of rotatable bonds is 5. The van der Waals surface area contributed by atoms with Crippen LogP contribution in [-0.4, -0.2) is 24.1 Å². The summed E-state index contributed by atoms with van der Waals surface area (Å²) in [7, 11) is 1.58. The van der Waals surface area contributed by atoms with E-state index in [2.05, 4.69) is 5.32 Å². The summed E-state index contributed by atoms with van der Waals surface area (Å²) >= 11 is 0. The summed E-state index contributed by atoms with van der Waals surface area (Å²) in [4.78, 5) is 25.8. The van der Waals surface area contributed by atoms with Crippen molar-refractivity contribution in [2.45, 2.75) is 6.17 Å². The Labute approximate surface area is 173 Å². The lowest BCUT2D eigenvalue weighted by molar-refractivity contribution is -0.385. The van der Waals surface area contributed by atoms with Gasteiger partial charge in [-0.3, -0.25) is 19.8 Å². The van der Waals surface area contributed by atoms with Crippen molar-refractivity contribution in [3.05, 3.63) is 100 Å². The molecule has 0 unspecified atom stereocenters. The highest BCUT2D eigenvalue weighted by Crippen LogP contribution is 2.31. The zero-order valence-electron chi connectivity index (χ0n) is 16.2. The lowest BCUT2D eigenvalue weighted by Gasteiger charge is -2.36. The standard InChI is InChI=1S/C23H19N3O4/c1-30-18-13-11-17(12-14-18)25-22(24-20-8-4-3-7-19(20)23(25)27)15-10-16-6-2-5-9-21(16)26(28)29/h2-15,22,24H,1H3/b15-10+/t22-/m1/s1. The fraction of sp³-hybridized carbons (Fsp3) is 0.0870. The van der Waals surface area contributed by atoms with E-state index in [-0.39, 0.29) is 11.6 Å². The van der Waals surface area contributed by atoms with Crippen molar-refractivity contribution in [2.75, 3.05) is 17.3 Å². The molecule has 1 aliphatic rings. The van der Waals surface area contributed by atoms with Crippen molar-refractivity contribution < 1.29 is 14.5 Å². The van der Waals surface area contributed by atoms with Gasteiger partial charge in [0.15, 0.2) is 0 Å². The molecule has 0 saturated carbocycles. The largest absolute Gasteiger partial charge is 0.497 e. The molecule has 7 nitrogen and oxygen atoms in total. The Hall–Kier alpha value is -4.13. The number of nitrogens with zero attached hydrogens (tertiary/aromatic N) is 2. The number of anilines is 2. The van der Waals surface area contributed by atoms with E-state index in [1.165, 1.54) is 6.07 Å². The number of para-hydroxylation sites is 2. The minimum atomic E-state index is -0.527. The molecule has 1 N–H and O–H groups in total. The van der Waals surface area contributed by atoms with Crippen LogP contribution in [0.4, 0.5) is 17.1 Å². The average molecular weight is 401 g/mol. The number of methoxy groups -OCH3 is 1. The second-order valence-electron chi connectivity index (χ2n) is 6.68. The Kier molecular flexibility index (Phi) is 5.17. The van der Waals surface area contributed by atoms with Crippen LogP contribution >= 0.6 is 0 Å². The highest BCUT2D eigenvalue weighted by molar-refractivity contribution is 6.12. The molecule has 0 fully saturated rings. The molecule has 1 atom stereocenters. The van der Waals surface area contributed by atoms with Crippen molar-refractivity contribution in [1.82, 2.24) is 0 Å². The monoisotopic (exact) mass is 401 g/mol. The minimum absolute atomic E-state index is 0.00674. The zero-order chi connectivity index (χ0) is 21.1. The first-order valence-corrected chi connectivity index (χ1v) is 9.33. The summed E-state index contributed by atoms with van der Waals surface area (Å²) in [5.74, 6) is 0.523. The van der Waals surface area contributed by atoms with Gasteiger partial charge in [-0.2, -0.15) is 0 Å². The Morgan fingerprint density at radius 3 is 2.47 bits per heavy atom. The lowest BCUT2D eigenvalue weighted by atomic mass is 10.1. The molecule has 150 valence electrons. The third-order valence-electron chi connectivity index (χ3n) is 4.90. The van der Waals surface area contributed by atoms with Gasteiger partial charge in [0.1, 0.15) is 11.9 Å². The fourth-order valence-corrected chi connectivity index (χ4v) is 3.42. The predicted octanol–water partition coefficient (Wildman–Crippen LogP) is 4.72. The quantitative estimate of drug-likeness (QED) is 0.494. The number of hydrogen-bond acceptors (Lipinski definition) is 5. The van der Waals surface area contributed by atoms with Crippen molar-refractivity contribution in [2.24, 2.45) is 0 Å². The van der Waals surface area contributed by atoms with Crippen molar-refractivity contribution in [3.63, 3.8) is 0 Å². The highest BCUT2D eigenvalue weighted by Gasteiger charge is 2.31. The molecular formula is C23H19N3O4. The number of fused-ring (bicyclic) bond motifs is 1. The van der Waals surface area contributed by atoms with Crippen molar-refractivity contribution in [1.29, 1.82) is 0 Å².